The lowest BCUT2D eigenvalue weighted by Crippen LogP contribution is -2.52. The Bertz CT molecular complexity index is 536. The van der Waals surface area contributed by atoms with E-state index in [2.05, 4.69) is 41.6 Å². The van der Waals surface area contributed by atoms with Gasteiger partial charge in [-0.05, 0) is 44.6 Å². The van der Waals surface area contributed by atoms with Gasteiger partial charge < -0.3 is 4.90 Å². The zero-order valence-electron chi connectivity index (χ0n) is 14.3. The average molecular weight is 303 g/mol. The monoisotopic (exact) mass is 303 g/mol. The molecule has 0 radical (unpaired) electrons. The number of hydrogen-bond donors (Lipinski definition) is 0. The van der Waals surface area contributed by atoms with Crippen LogP contribution in [0.2, 0.25) is 0 Å². The number of likely N-dealkylation sites (tertiary alicyclic amines) is 1. The highest BCUT2D eigenvalue weighted by Gasteiger charge is 2.44. The first-order chi connectivity index (χ1) is 10.5. The summed E-state index contributed by atoms with van der Waals surface area (Å²) in [4.78, 5) is 14.7. The Morgan fingerprint density at radius 2 is 1.91 bits per heavy atom. The number of rotatable bonds is 4. The van der Waals surface area contributed by atoms with Gasteiger partial charge in [-0.25, -0.2) is 0 Å². The molecule has 1 aromatic heterocycles. The summed E-state index contributed by atoms with van der Waals surface area (Å²) in [5.41, 5.74) is 1.32. The minimum Gasteiger partial charge on any atom is -0.342 e. The lowest BCUT2D eigenvalue weighted by molar-refractivity contribution is -0.148. The van der Waals surface area contributed by atoms with Gasteiger partial charge in [-0.2, -0.15) is 5.10 Å². The average Bonchev–Trinajstić information content (AvgIpc) is 2.95. The third-order valence-electron chi connectivity index (χ3n) is 5.83. The molecule has 1 aliphatic heterocycles. The van der Waals surface area contributed by atoms with E-state index in [0.717, 1.165) is 51.6 Å². The molecule has 22 heavy (non-hydrogen) atoms. The minimum atomic E-state index is -0.0618. The first-order valence-corrected chi connectivity index (χ1v) is 8.80. The summed E-state index contributed by atoms with van der Waals surface area (Å²) in [7, 11) is 0. The van der Waals surface area contributed by atoms with Crippen LogP contribution in [0.4, 0.5) is 0 Å². The van der Waals surface area contributed by atoms with Gasteiger partial charge in [0.1, 0.15) is 0 Å². The van der Waals surface area contributed by atoms with Crippen LogP contribution in [0, 0.1) is 5.41 Å². The van der Waals surface area contributed by atoms with Crippen molar-refractivity contribution in [1.82, 2.24) is 14.7 Å². The van der Waals surface area contributed by atoms with E-state index in [0.29, 0.717) is 5.91 Å². The molecule has 122 valence electrons. The number of carbonyl (C=O) groups excluding carboxylic acids is 1. The molecule has 0 N–H and O–H groups in total. The van der Waals surface area contributed by atoms with Crippen molar-refractivity contribution in [2.75, 3.05) is 13.1 Å². The van der Waals surface area contributed by atoms with Crippen molar-refractivity contribution in [3.05, 3.63) is 18.0 Å². The molecular weight excluding hydrogens is 274 g/mol. The highest BCUT2D eigenvalue weighted by atomic mass is 16.2. The molecule has 4 nitrogen and oxygen atoms in total. The summed E-state index contributed by atoms with van der Waals surface area (Å²) in [5.74, 6) is 0.382. The molecule has 0 aromatic carbocycles. The van der Waals surface area contributed by atoms with Gasteiger partial charge in [-0.15, -0.1) is 0 Å². The Labute approximate surface area is 133 Å². The Balaban J connectivity index is 1.63. The summed E-state index contributed by atoms with van der Waals surface area (Å²) in [6.45, 7) is 8.35. The van der Waals surface area contributed by atoms with Crippen LogP contribution in [0.1, 0.15) is 64.9 Å². The van der Waals surface area contributed by atoms with Crippen LogP contribution in [0.15, 0.2) is 12.4 Å². The molecule has 0 atom stereocenters. The van der Waals surface area contributed by atoms with E-state index in [4.69, 9.17) is 0 Å². The van der Waals surface area contributed by atoms with Gasteiger partial charge in [-0.3, -0.25) is 9.48 Å². The van der Waals surface area contributed by atoms with Crippen molar-refractivity contribution in [2.24, 2.45) is 5.41 Å². The van der Waals surface area contributed by atoms with Crippen molar-refractivity contribution in [1.29, 1.82) is 0 Å². The molecule has 0 unspecified atom stereocenters. The first-order valence-electron chi connectivity index (χ1n) is 8.80. The van der Waals surface area contributed by atoms with Gasteiger partial charge in [0.05, 0.1) is 11.7 Å². The summed E-state index contributed by atoms with van der Waals surface area (Å²) in [6.07, 6.45) is 11.8. The number of amides is 1. The Hall–Kier alpha value is -1.32. The fourth-order valence-corrected chi connectivity index (χ4v) is 3.80. The van der Waals surface area contributed by atoms with E-state index < -0.39 is 0 Å². The molecule has 2 aliphatic rings. The normalized spacial score (nSPS) is 23.1. The Kier molecular flexibility index (Phi) is 4.04. The molecule has 1 amide bonds. The molecule has 3 rings (SSSR count). The maximum Gasteiger partial charge on any atom is 0.228 e. The van der Waals surface area contributed by atoms with Gasteiger partial charge in [0.25, 0.3) is 0 Å². The van der Waals surface area contributed by atoms with Crippen LogP contribution >= 0.6 is 0 Å². The molecule has 1 saturated heterocycles. The standard InChI is InChI=1S/C18H29N3O/c1-4-6-15-13-19-21(14-15)18(3)9-11-20(12-10-18)16(22)17(2)7-5-8-17/h13-14H,4-12H2,1-3H3. The Morgan fingerprint density at radius 1 is 1.23 bits per heavy atom. The predicted molar refractivity (Wildman–Crippen MR) is 87.6 cm³/mol. The lowest BCUT2D eigenvalue weighted by Gasteiger charge is -2.45. The summed E-state index contributed by atoms with van der Waals surface area (Å²) in [5, 5.41) is 4.59. The fourth-order valence-electron chi connectivity index (χ4n) is 3.80. The summed E-state index contributed by atoms with van der Waals surface area (Å²) < 4.78 is 2.14. The summed E-state index contributed by atoms with van der Waals surface area (Å²) >= 11 is 0. The van der Waals surface area contributed by atoms with Gasteiger partial charge >= 0.3 is 0 Å². The first kappa shape index (κ1) is 15.6. The maximum absolute atomic E-state index is 12.6. The molecular formula is C18H29N3O. The van der Waals surface area contributed by atoms with E-state index in [1.165, 1.54) is 12.0 Å². The second-order valence-corrected chi connectivity index (χ2v) is 7.75. The second kappa shape index (κ2) is 5.71. The fraction of sp³-hybridized carbons (Fsp3) is 0.778. The van der Waals surface area contributed by atoms with Crippen LogP contribution in [0.5, 0.6) is 0 Å². The SMILES string of the molecule is CCCc1cnn(C2(C)CCN(C(=O)C3(C)CCC3)CC2)c1. The van der Waals surface area contributed by atoms with Gasteiger partial charge in [-0.1, -0.05) is 26.7 Å². The van der Waals surface area contributed by atoms with E-state index >= 15 is 0 Å². The highest BCUT2D eigenvalue weighted by Crippen LogP contribution is 2.43. The topological polar surface area (TPSA) is 38.1 Å². The number of carbonyl (C=O) groups is 1. The minimum absolute atomic E-state index is 0.0588. The number of aromatic nitrogens is 2. The smallest absolute Gasteiger partial charge is 0.228 e. The maximum atomic E-state index is 12.6. The molecule has 0 spiro atoms. The van der Waals surface area contributed by atoms with Gasteiger partial charge in [0.2, 0.25) is 5.91 Å². The molecule has 2 heterocycles. The van der Waals surface area contributed by atoms with E-state index in [1.54, 1.807) is 0 Å². The number of aryl methyl sites for hydroxylation is 1. The highest BCUT2D eigenvalue weighted by molar-refractivity contribution is 5.83. The third kappa shape index (κ3) is 2.68. The summed E-state index contributed by atoms with van der Waals surface area (Å²) in [6, 6.07) is 0. The zero-order chi connectivity index (χ0) is 15.8. The van der Waals surface area contributed by atoms with Crippen LogP contribution in [-0.4, -0.2) is 33.7 Å². The van der Waals surface area contributed by atoms with Gasteiger partial charge in [0.15, 0.2) is 0 Å². The molecule has 4 heteroatoms. The Morgan fingerprint density at radius 3 is 2.45 bits per heavy atom. The van der Waals surface area contributed by atoms with Gasteiger partial charge in [0, 0.05) is 24.7 Å². The molecule has 0 bridgehead atoms. The van der Waals surface area contributed by atoms with Crippen molar-refractivity contribution < 1.29 is 4.79 Å². The van der Waals surface area contributed by atoms with E-state index in [-0.39, 0.29) is 11.0 Å². The second-order valence-electron chi connectivity index (χ2n) is 7.75. The van der Waals surface area contributed by atoms with Crippen molar-refractivity contribution in [2.45, 2.75) is 71.3 Å². The number of hydrogen-bond acceptors (Lipinski definition) is 2. The zero-order valence-corrected chi connectivity index (χ0v) is 14.3. The van der Waals surface area contributed by atoms with Crippen molar-refractivity contribution >= 4 is 5.91 Å². The lowest BCUT2D eigenvalue weighted by atomic mass is 9.69. The van der Waals surface area contributed by atoms with E-state index in [9.17, 15) is 4.79 Å². The van der Waals surface area contributed by atoms with Crippen molar-refractivity contribution in [3.8, 4) is 0 Å². The third-order valence-corrected chi connectivity index (χ3v) is 5.83. The molecule has 1 aliphatic carbocycles. The predicted octanol–water partition coefficient (Wildman–Crippen LogP) is 3.36. The number of piperidine rings is 1. The van der Waals surface area contributed by atoms with Crippen LogP contribution in [0.25, 0.3) is 0 Å². The molecule has 1 aromatic rings. The van der Waals surface area contributed by atoms with Crippen LogP contribution < -0.4 is 0 Å². The largest absolute Gasteiger partial charge is 0.342 e. The quantitative estimate of drug-likeness (QED) is 0.855. The van der Waals surface area contributed by atoms with Crippen molar-refractivity contribution in [3.63, 3.8) is 0 Å². The molecule has 1 saturated carbocycles. The van der Waals surface area contributed by atoms with Crippen LogP contribution in [0.3, 0.4) is 0 Å². The number of nitrogens with zero attached hydrogens (tertiary/aromatic N) is 3. The molecule has 2 fully saturated rings. The van der Waals surface area contributed by atoms with E-state index in [1.807, 2.05) is 6.20 Å². The van der Waals surface area contributed by atoms with Crippen LogP contribution in [-0.2, 0) is 16.8 Å².